The van der Waals surface area contributed by atoms with Crippen molar-refractivity contribution in [2.75, 3.05) is 39.8 Å². The maximum absolute atomic E-state index is 5.69. The summed E-state index contributed by atoms with van der Waals surface area (Å²) in [5.41, 5.74) is 7.74. The summed E-state index contributed by atoms with van der Waals surface area (Å²) in [6.07, 6.45) is 0. The zero-order valence-corrected chi connectivity index (χ0v) is 13.1. The van der Waals surface area contributed by atoms with Crippen molar-refractivity contribution >= 4 is 17.2 Å². The molecule has 4 nitrogen and oxygen atoms in total. The SMILES string of the molecule is CCN1CCN(Cc2ccc(C(N)=S)c(OC)c2)CC1. The molecule has 0 saturated carbocycles. The van der Waals surface area contributed by atoms with Gasteiger partial charge in [-0.2, -0.15) is 0 Å². The van der Waals surface area contributed by atoms with Crippen molar-refractivity contribution in [3.8, 4) is 5.75 Å². The van der Waals surface area contributed by atoms with Crippen LogP contribution in [-0.4, -0.2) is 54.6 Å². The van der Waals surface area contributed by atoms with E-state index in [-0.39, 0.29) is 0 Å². The molecular weight excluding hydrogens is 270 g/mol. The number of benzene rings is 1. The molecule has 1 heterocycles. The second-order valence-electron chi connectivity index (χ2n) is 5.11. The van der Waals surface area contributed by atoms with E-state index in [0.29, 0.717) is 4.99 Å². The number of thiocarbonyl (C=S) groups is 1. The van der Waals surface area contributed by atoms with Crippen molar-refractivity contribution in [3.63, 3.8) is 0 Å². The predicted molar refractivity (Wildman–Crippen MR) is 86.3 cm³/mol. The van der Waals surface area contributed by atoms with E-state index in [1.165, 1.54) is 5.56 Å². The second kappa shape index (κ2) is 7.02. The molecule has 2 N–H and O–H groups in total. The van der Waals surface area contributed by atoms with Gasteiger partial charge in [0.1, 0.15) is 10.7 Å². The van der Waals surface area contributed by atoms with Crippen LogP contribution < -0.4 is 10.5 Å². The molecule has 0 bridgehead atoms. The molecule has 1 aliphatic heterocycles. The van der Waals surface area contributed by atoms with Crippen LogP contribution in [0.25, 0.3) is 0 Å². The van der Waals surface area contributed by atoms with Gasteiger partial charge in [-0.05, 0) is 24.2 Å². The minimum absolute atomic E-state index is 0.380. The number of piperazine rings is 1. The Morgan fingerprint density at radius 2 is 1.90 bits per heavy atom. The Morgan fingerprint density at radius 3 is 2.45 bits per heavy atom. The normalized spacial score (nSPS) is 17.1. The van der Waals surface area contributed by atoms with E-state index in [1.807, 2.05) is 12.1 Å². The molecule has 1 aromatic carbocycles. The average Bonchev–Trinajstić information content (AvgIpc) is 2.47. The van der Waals surface area contributed by atoms with Crippen LogP contribution in [0.5, 0.6) is 5.75 Å². The minimum Gasteiger partial charge on any atom is -0.496 e. The molecule has 110 valence electrons. The van der Waals surface area contributed by atoms with E-state index in [4.69, 9.17) is 22.7 Å². The van der Waals surface area contributed by atoms with E-state index in [0.717, 1.165) is 50.6 Å². The average molecular weight is 293 g/mol. The fourth-order valence-corrected chi connectivity index (χ4v) is 2.73. The summed E-state index contributed by atoms with van der Waals surface area (Å²) in [5.74, 6) is 0.766. The summed E-state index contributed by atoms with van der Waals surface area (Å²) in [7, 11) is 1.65. The Hall–Kier alpha value is -1.17. The molecule has 1 aliphatic rings. The monoisotopic (exact) mass is 293 g/mol. The molecule has 0 unspecified atom stereocenters. The molecule has 1 saturated heterocycles. The highest BCUT2D eigenvalue weighted by molar-refractivity contribution is 7.80. The summed E-state index contributed by atoms with van der Waals surface area (Å²) >= 11 is 5.03. The molecule has 20 heavy (non-hydrogen) atoms. The summed E-state index contributed by atoms with van der Waals surface area (Å²) in [5, 5.41) is 0. The first-order valence-corrected chi connectivity index (χ1v) is 7.46. The molecule has 5 heteroatoms. The van der Waals surface area contributed by atoms with Gasteiger partial charge in [-0.1, -0.05) is 25.2 Å². The highest BCUT2D eigenvalue weighted by atomic mass is 32.1. The first-order valence-electron chi connectivity index (χ1n) is 7.05. The van der Waals surface area contributed by atoms with Crippen molar-refractivity contribution in [1.82, 2.24) is 9.80 Å². The van der Waals surface area contributed by atoms with Gasteiger partial charge in [0.2, 0.25) is 0 Å². The largest absolute Gasteiger partial charge is 0.496 e. The van der Waals surface area contributed by atoms with Gasteiger partial charge < -0.3 is 15.4 Å². The van der Waals surface area contributed by atoms with E-state index in [9.17, 15) is 0 Å². The molecule has 0 amide bonds. The number of nitrogens with two attached hydrogens (primary N) is 1. The van der Waals surface area contributed by atoms with E-state index in [1.54, 1.807) is 7.11 Å². The van der Waals surface area contributed by atoms with Crippen LogP contribution in [0, 0.1) is 0 Å². The Bertz CT molecular complexity index is 470. The third-order valence-electron chi connectivity index (χ3n) is 3.85. The fraction of sp³-hybridized carbons (Fsp3) is 0.533. The highest BCUT2D eigenvalue weighted by Gasteiger charge is 2.16. The van der Waals surface area contributed by atoms with Gasteiger partial charge in [-0.15, -0.1) is 0 Å². The number of nitrogens with zero attached hydrogens (tertiary/aromatic N) is 2. The van der Waals surface area contributed by atoms with Gasteiger partial charge in [0, 0.05) is 32.7 Å². The van der Waals surface area contributed by atoms with Crippen molar-refractivity contribution in [3.05, 3.63) is 29.3 Å². The van der Waals surface area contributed by atoms with Gasteiger partial charge >= 0.3 is 0 Å². The smallest absolute Gasteiger partial charge is 0.129 e. The second-order valence-corrected chi connectivity index (χ2v) is 5.55. The lowest BCUT2D eigenvalue weighted by Gasteiger charge is -2.34. The molecule has 0 aromatic heterocycles. The summed E-state index contributed by atoms with van der Waals surface area (Å²) in [4.78, 5) is 5.33. The van der Waals surface area contributed by atoms with Gasteiger partial charge in [-0.25, -0.2) is 0 Å². The Kier molecular flexibility index (Phi) is 5.34. The molecule has 0 atom stereocenters. The fourth-order valence-electron chi connectivity index (χ4n) is 2.56. The zero-order valence-electron chi connectivity index (χ0n) is 12.3. The van der Waals surface area contributed by atoms with Crippen LogP contribution in [0.4, 0.5) is 0 Å². The van der Waals surface area contributed by atoms with E-state index >= 15 is 0 Å². The Morgan fingerprint density at radius 1 is 1.25 bits per heavy atom. The van der Waals surface area contributed by atoms with Crippen molar-refractivity contribution in [2.45, 2.75) is 13.5 Å². The quantitative estimate of drug-likeness (QED) is 0.833. The number of likely N-dealkylation sites (N-methyl/N-ethyl adjacent to an activating group) is 1. The standard InChI is InChI=1S/C15H23N3OS/c1-3-17-6-8-18(9-7-17)11-12-4-5-13(15(16)20)14(10-12)19-2/h4-5,10H,3,6-9,11H2,1-2H3,(H2,16,20). The van der Waals surface area contributed by atoms with Gasteiger partial charge in [0.15, 0.2) is 0 Å². The van der Waals surface area contributed by atoms with Gasteiger partial charge in [0.25, 0.3) is 0 Å². The number of hydrogen-bond donors (Lipinski definition) is 1. The summed E-state index contributed by atoms with van der Waals surface area (Å²) in [6, 6.07) is 6.09. The topological polar surface area (TPSA) is 41.7 Å². The number of hydrogen-bond acceptors (Lipinski definition) is 4. The van der Waals surface area contributed by atoms with E-state index < -0.39 is 0 Å². The lowest BCUT2D eigenvalue weighted by atomic mass is 10.1. The van der Waals surface area contributed by atoms with Gasteiger partial charge in [0.05, 0.1) is 12.7 Å². The number of rotatable bonds is 5. The molecular formula is C15H23N3OS. The lowest BCUT2D eigenvalue weighted by Crippen LogP contribution is -2.45. The van der Waals surface area contributed by atoms with Crippen LogP contribution in [0.15, 0.2) is 18.2 Å². The van der Waals surface area contributed by atoms with Crippen molar-refractivity contribution in [1.29, 1.82) is 0 Å². The maximum Gasteiger partial charge on any atom is 0.129 e. The first kappa shape index (κ1) is 15.2. The minimum atomic E-state index is 0.380. The van der Waals surface area contributed by atoms with E-state index in [2.05, 4.69) is 22.8 Å². The molecule has 1 fully saturated rings. The van der Waals surface area contributed by atoms with Crippen LogP contribution in [-0.2, 0) is 6.54 Å². The molecule has 0 aliphatic carbocycles. The van der Waals surface area contributed by atoms with Crippen LogP contribution in [0.2, 0.25) is 0 Å². The molecule has 1 aromatic rings. The maximum atomic E-state index is 5.69. The molecule has 0 spiro atoms. The van der Waals surface area contributed by atoms with Gasteiger partial charge in [-0.3, -0.25) is 4.90 Å². The van der Waals surface area contributed by atoms with Crippen molar-refractivity contribution in [2.24, 2.45) is 5.73 Å². The Labute approximate surface area is 126 Å². The van der Waals surface area contributed by atoms with Crippen molar-refractivity contribution < 1.29 is 4.74 Å². The highest BCUT2D eigenvalue weighted by Crippen LogP contribution is 2.21. The number of methoxy groups -OCH3 is 1. The van der Waals surface area contributed by atoms with Crippen LogP contribution in [0.3, 0.4) is 0 Å². The first-order chi connectivity index (χ1) is 9.63. The molecule has 2 rings (SSSR count). The van der Waals surface area contributed by atoms with Crippen LogP contribution >= 0.6 is 12.2 Å². The third kappa shape index (κ3) is 3.69. The number of ether oxygens (including phenoxy) is 1. The summed E-state index contributed by atoms with van der Waals surface area (Å²) < 4.78 is 5.38. The predicted octanol–water partition coefficient (Wildman–Crippen LogP) is 1.47. The zero-order chi connectivity index (χ0) is 14.5. The van der Waals surface area contributed by atoms with Crippen LogP contribution in [0.1, 0.15) is 18.1 Å². The summed E-state index contributed by atoms with van der Waals surface area (Å²) in [6.45, 7) is 8.85. The lowest BCUT2D eigenvalue weighted by molar-refractivity contribution is 0.132. The Balaban J connectivity index is 2.01. The third-order valence-corrected chi connectivity index (χ3v) is 4.07. The molecule has 0 radical (unpaired) electrons.